The van der Waals surface area contributed by atoms with E-state index in [4.69, 9.17) is 4.42 Å². The van der Waals surface area contributed by atoms with E-state index in [0.29, 0.717) is 11.5 Å². The van der Waals surface area contributed by atoms with Gasteiger partial charge in [0.2, 0.25) is 0 Å². The van der Waals surface area contributed by atoms with Gasteiger partial charge in [-0.05, 0) is 29.8 Å². The molecule has 0 saturated heterocycles. The fourth-order valence-electron chi connectivity index (χ4n) is 2.12. The van der Waals surface area contributed by atoms with Crippen molar-refractivity contribution < 1.29 is 9.21 Å². The molecule has 0 aliphatic heterocycles. The number of furan rings is 1. The highest BCUT2D eigenvalue weighted by Gasteiger charge is 2.20. The maximum absolute atomic E-state index is 12.3. The maximum atomic E-state index is 12.3. The lowest BCUT2D eigenvalue weighted by Gasteiger charge is -2.16. The second-order valence-electron chi connectivity index (χ2n) is 4.55. The van der Waals surface area contributed by atoms with Crippen LogP contribution < -0.4 is 5.32 Å². The molecule has 0 saturated carbocycles. The highest BCUT2D eigenvalue weighted by molar-refractivity contribution is 5.92. The van der Waals surface area contributed by atoms with E-state index in [1.54, 1.807) is 36.7 Å². The number of pyridine rings is 1. The van der Waals surface area contributed by atoms with Gasteiger partial charge in [0.15, 0.2) is 0 Å². The SMILES string of the molecule is O=C(NC(c1ccccc1)c1ccco1)c1ccccn1. The molecule has 21 heavy (non-hydrogen) atoms. The summed E-state index contributed by atoms with van der Waals surface area (Å²) in [7, 11) is 0. The molecule has 0 radical (unpaired) electrons. The van der Waals surface area contributed by atoms with Crippen molar-refractivity contribution in [3.8, 4) is 0 Å². The molecule has 4 heteroatoms. The molecule has 4 nitrogen and oxygen atoms in total. The largest absolute Gasteiger partial charge is 0.467 e. The molecule has 2 heterocycles. The van der Waals surface area contributed by atoms with E-state index in [2.05, 4.69) is 10.3 Å². The van der Waals surface area contributed by atoms with Crippen LogP contribution in [-0.4, -0.2) is 10.9 Å². The van der Waals surface area contributed by atoms with Gasteiger partial charge in [0, 0.05) is 6.20 Å². The van der Waals surface area contributed by atoms with Crippen molar-refractivity contribution in [2.45, 2.75) is 6.04 Å². The Hall–Kier alpha value is -2.88. The van der Waals surface area contributed by atoms with Crippen molar-refractivity contribution in [2.24, 2.45) is 0 Å². The van der Waals surface area contributed by atoms with Gasteiger partial charge < -0.3 is 9.73 Å². The minimum Gasteiger partial charge on any atom is -0.467 e. The van der Waals surface area contributed by atoms with Crippen molar-refractivity contribution in [2.75, 3.05) is 0 Å². The van der Waals surface area contributed by atoms with E-state index >= 15 is 0 Å². The lowest BCUT2D eigenvalue weighted by atomic mass is 10.0. The Morgan fingerprint density at radius 3 is 2.48 bits per heavy atom. The van der Waals surface area contributed by atoms with E-state index in [9.17, 15) is 4.79 Å². The lowest BCUT2D eigenvalue weighted by Crippen LogP contribution is -2.29. The van der Waals surface area contributed by atoms with Crippen LogP contribution in [0.2, 0.25) is 0 Å². The minimum atomic E-state index is -0.337. The number of amides is 1. The maximum Gasteiger partial charge on any atom is 0.270 e. The van der Waals surface area contributed by atoms with Gasteiger partial charge in [-0.1, -0.05) is 36.4 Å². The highest BCUT2D eigenvalue weighted by atomic mass is 16.3. The fourth-order valence-corrected chi connectivity index (χ4v) is 2.12. The quantitative estimate of drug-likeness (QED) is 0.797. The summed E-state index contributed by atoms with van der Waals surface area (Å²) in [6, 6.07) is 18.2. The van der Waals surface area contributed by atoms with Crippen LogP contribution in [0.3, 0.4) is 0 Å². The van der Waals surface area contributed by atoms with Crippen LogP contribution in [0.15, 0.2) is 77.5 Å². The summed E-state index contributed by atoms with van der Waals surface area (Å²) in [5.74, 6) is 0.450. The molecule has 3 rings (SSSR count). The number of nitrogens with zero attached hydrogens (tertiary/aromatic N) is 1. The molecule has 1 N–H and O–H groups in total. The second-order valence-corrected chi connectivity index (χ2v) is 4.55. The van der Waals surface area contributed by atoms with E-state index in [1.807, 2.05) is 36.4 Å². The van der Waals surface area contributed by atoms with Gasteiger partial charge in [0.05, 0.1) is 6.26 Å². The second kappa shape index (κ2) is 6.05. The predicted molar refractivity (Wildman–Crippen MR) is 78.7 cm³/mol. The molecule has 2 aromatic heterocycles. The highest BCUT2D eigenvalue weighted by Crippen LogP contribution is 2.22. The van der Waals surface area contributed by atoms with Crippen molar-refractivity contribution in [1.29, 1.82) is 0 Å². The summed E-state index contributed by atoms with van der Waals surface area (Å²) >= 11 is 0. The molecule has 104 valence electrons. The first-order valence-corrected chi connectivity index (χ1v) is 6.65. The van der Waals surface area contributed by atoms with E-state index < -0.39 is 0 Å². The number of carbonyl (C=O) groups is 1. The smallest absolute Gasteiger partial charge is 0.270 e. The van der Waals surface area contributed by atoms with Gasteiger partial charge in [-0.2, -0.15) is 0 Å². The molecule has 0 spiro atoms. The van der Waals surface area contributed by atoms with E-state index in [0.717, 1.165) is 5.56 Å². The van der Waals surface area contributed by atoms with Crippen LogP contribution in [0.25, 0.3) is 0 Å². The molecular formula is C17H14N2O2. The molecule has 1 aromatic carbocycles. The zero-order chi connectivity index (χ0) is 14.5. The van der Waals surface area contributed by atoms with Gasteiger partial charge in [0.1, 0.15) is 17.5 Å². The number of rotatable bonds is 4. The zero-order valence-corrected chi connectivity index (χ0v) is 11.3. The summed E-state index contributed by atoms with van der Waals surface area (Å²) in [6.07, 6.45) is 3.19. The Labute approximate surface area is 122 Å². The molecule has 1 atom stereocenters. The monoisotopic (exact) mass is 278 g/mol. The Morgan fingerprint density at radius 2 is 1.81 bits per heavy atom. The Morgan fingerprint density at radius 1 is 1.00 bits per heavy atom. The van der Waals surface area contributed by atoms with Crippen LogP contribution >= 0.6 is 0 Å². The average Bonchev–Trinajstić information content (AvgIpc) is 3.08. The first kappa shape index (κ1) is 13.1. The van der Waals surface area contributed by atoms with Gasteiger partial charge in [-0.15, -0.1) is 0 Å². The van der Waals surface area contributed by atoms with Crippen LogP contribution in [0, 0.1) is 0 Å². The Bertz CT molecular complexity index is 694. The normalized spacial score (nSPS) is 11.8. The van der Waals surface area contributed by atoms with Crippen LogP contribution in [0.5, 0.6) is 0 Å². The summed E-state index contributed by atoms with van der Waals surface area (Å²) < 4.78 is 5.45. The number of hydrogen-bond donors (Lipinski definition) is 1. The number of benzene rings is 1. The third-order valence-corrected chi connectivity index (χ3v) is 3.13. The topological polar surface area (TPSA) is 55.1 Å². The van der Waals surface area contributed by atoms with Crippen LogP contribution in [0.1, 0.15) is 27.9 Å². The van der Waals surface area contributed by atoms with Gasteiger partial charge in [-0.3, -0.25) is 9.78 Å². The third kappa shape index (κ3) is 3.00. The lowest BCUT2D eigenvalue weighted by molar-refractivity contribution is 0.0934. The van der Waals surface area contributed by atoms with Crippen molar-refractivity contribution in [1.82, 2.24) is 10.3 Å². The zero-order valence-electron chi connectivity index (χ0n) is 11.3. The van der Waals surface area contributed by atoms with E-state index in [-0.39, 0.29) is 11.9 Å². The molecule has 0 fully saturated rings. The first-order chi connectivity index (χ1) is 10.3. The molecule has 1 unspecified atom stereocenters. The summed E-state index contributed by atoms with van der Waals surface area (Å²) in [6.45, 7) is 0. The molecule has 1 amide bonds. The minimum absolute atomic E-state index is 0.235. The number of hydrogen-bond acceptors (Lipinski definition) is 3. The van der Waals surface area contributed by atoms with Gasteiger partial charge in [-0.25, -0.2) is 0 Å². The Balaban J connectivity index is 1.89. The fraction of sp³-hybridized carbons (Fsp3) is 0.0588. The molecule has 0 bridgehead atoms. The summed E-state index contributed by atoms with van der Waals surface area (Å²) in [5, 5.41) is 2.96. The summed E-state index contributed by atoms with van der Waals surface area (Å²) in [5.41, 5.74) is 1.33. The number of carbonyl (C=O) groups excluding carboxylic acids is 1. The van der Waals surface area contributed by atoms with Gasteiger partial charge >= 0.3 is 0 Å². The summed E-state index contributed by atoms with van der Waals surface area (Å²) in [4.78, 5) is 16.4. The molecule has 0 aliphatic carbocycles. The Kier molecular flexibility index (Phi) is 3.78. The van der Waals surface area contributed by atoms with Crippen LogP contribution in [-0.2, 0) is 0 Å². The van der Waals surface area contributed by atoms with Gasteiger partial charge in [0.25, 0.3) is 5.91 Å². The molecule has 3 aromatic rings. The number of aromatic nitrogens is 1. The average molecular weight is 278 g/mol. The standard InChI is InChI=1S/C17H14N2O2/c20-17(14-9-4-5-11-18-14)19-16(15-10-6-12-21-15)13-7-2-1-3-8-13/h1-12,16H,(H,19,20). The van der Waals surface area contributed by atoms with E-state index in [1.165, 1.54) is 0 Å². The number of nitrogens with one attached hydrogen (secondary N) is 1. The van der Waals surface area contributed by atoms with Crippen molar-refractivity contribution >= 4 is 5.91 Å². The third-order valence-electron chi connectivity index (χ3n) is 3.13. The van der Waals surface area contributed by atoms with Crippen LogP contribution in [0.4, 0.5) is 0 Å². The molecule has 0 aliphatic rings. The van der Waals surface area contributed by atoms with Crippen molar-refractivity contribution in [3.05, 3.63) is 90.1 Å². The predicted octanol–water partition coefficient (Wildman–Crippen LogP) is 3.19. The first-order valence-electron chi connectivity index (χ1n) is 6.65. The molecular weight excluding hydrogens is 264 g/mol. The van der Waals surface area contributed by atoms with Crippen molar-refractivity contribution in [3.63, 3.8) is 0 Å².